The van der Waals surface area contributed by atoms with Crippen LogP contribution in [0.3, 0.4) is 0 Å². The zero-order valence-electron chi connectivity index (χ0n) is 9.20. The van der Waals surface area contributed by atoms with Gasteiger partial charge in [-0.15, -0.1) is 0 Å². The fourth-order valence-electron chi connectivity index (χ4n) is 2.17. The summed E-state index contributed by atoms with van der Waals surface area (Å²) in [5, 5.41) is 0. The van der Waals surface area contributed by atoms with Gasteiger partial charge in [-0.25, -0.2) is 0 Å². The molecule has 0 amide bonds. The predicted octanol–water partition coefficient (Wildman–Crippen LogP) is 1.15. The average molecular weight is 206 g/mol. The molecular weight excluding hydrogens is 188 g/mol. The smallest absolute Gasteiger partial charge is 0.0713 e. The van der Waals surface area contributed by atoms with Gasteiger partial charge in [0.1, 0.15) is 0 Å². The van der Waals surface area contributed by atoms with Crippen molar-refractivity contribution in [1.82, 2.24) is 0 Å². The Morgan fingerprint density at radius 3 is 3.07 bits per heavy atom. The lowest BCUT2D eigenvalue weighted by atomic mass is 10.1. The highest BCUT2D eigenvalue weighted by Crippen LogP contribution is 2.28. The van der Waals surface area contributed by atoms with Gasteiger partial charge in [-0.2, -0.15) is 0 Å². The molecule has 82 valence electrons. The van der Waals surface area contributed by atoms with Crippen LogP contribution in [-0.2, 0) is 17.8 Å². The molecule has 1 aromatic carbocycles. The summed E-state index contributed by atoms with van der Waals surface area (Å²) in [6.45, 7) is 3.48. The molecule has 0 aliphatic carbocycles. The molecule has 0 saturated heterocycles. The normalized spacial score (nSPS) is 14.4. The molecule has 0 atom stereocenters. The van der Waals surface area contributed by atoms with E-state index in [9.17, 15) is 0 Å². The number of benzene rings is 1. The van der Waals surface area contributed by atoms with Gasteiger partial charge < -0.3 is 15.4 Å². The Labute approximate surface area is 90.8 Å². The van der Waals surface area contributed by atoms with Crippen molar-refractivity contribution in [2.75, 3.05) is 31.6 Å². The summed E-state index contributed by atoms with van der Waals surface area (Å²) in [7, 11) is 1.73. The minimum Gasteiger partial charge on any atom is -0.380 e. The van der Waals surface area contributed by atoms with Crippen LogP contribution in [0.4, 0.5) is 5.69 Å². The third-order valence-corrected chi connectivity index (χ3v) is 2.85. The van der Waals surface area contributed by atoms with Gasteiger partial charge in [-0.1, -0.05) is 12.1 Å². The average Bonchev–Trinajstić information content (AvgIpc) is 2.62. The fraction of sp³-hybridized carbons (Fsp3) is 0.500. The minimum absolute atomic E-state index is 0.699. The van der Waals surface area contributed by atoms with Gasteiger partial charge in [0.15, 0.2) is 0 Å². The van der Waals surface area contributed by atoms with E-state index >= 15 is 0 Å². The first-order valence-corrected chi connectivity index (χ1v) is 5.41. The Kier molecular flexibility index (Phi) is 3.23. The molecule has 15 heavy (non-hydrogen) atoms. The number of ether oxygens (including phenoxy) is 1. The van der Waals surface area contributed by atoms with Gasteiger partial charge in [0.05, 0.1) is 6.61 Å². The molecule has 1 aliphatic heterocycles. The highest BCUT2D eigenvalue weighted by Gasteiger charge is 2.17. The maximum absolute atomic E-state index is 5.58. The third-order valence-electron chi connectivity index (χ3n) is 2.85. The van der Waals surface area contributed by atoms with E-state index in [1.165, 1.54) is 16.8 Å². The molecule has 0 radical (unpaired) electrons. The Morgan fingerprint density at radius 1 is 1.47 bits per heavy atom. The van der Waals surface area contributed by atoms with Crippen LogP contribution in [0.15, 0.2) is 18.2 Å². The Morgan fingerprint density at radius 2 is 2.33 bits per heavy atom. The molecule has 1 heterocycles. The van der Waals surface area contributed by atoms with E-state index in [-0.39, 0.29) is 0 Å². The van der Waals surface area contributed by atoms with Crippen molar-refractivity contribution in [2.45, 2.75) is 13.0 Å². The lowest BCUT2D eigenvalue weighted by Gasteiger charge is -2.18. The summed E-state index contributed by atoms with van der Waals surface area (Å²) >= 11 is 0. The summed E-state index contributed by atoms with van der Waals surface area (Å²) in [5.41, 5.74) is 9.61. The Hall–Kier alpha value is -1.06. The highest BCUT2D eigenvalue weighted by atomic mass is 16.5. The van der Waals surface area contributed by atoms with Gasteiger partial charge in [-0.3, -0.25) is 0 Å². The largest absolute Gasteiger partial charge is 0.380 e. The van der Waals surface area contributed by atoms with Crippen LogP contribution in [0.1, 0.15) is 11.1 Å². The minimum atomic E-state index is 0.699. The van der Waals surface area contributed by atoms with Crippen molar-refractivity contribution in [3.05, 3.63) is 29.3 Å². The molecule has 0 fully saturated rings. The molecule has 0 spiro atoms. The third kappa shape index (κ3) is 2.13. The molecule has 0 unspecified atom stereocenters. The number of nitrogens with zero attached hydrogens (tertiary/aromatic N) is 1. The van der Waals surface area contributed by atoms with Crippen LogP contribution in [0.5, 0.6) is 0 Å². The molecule has 2 rings (SSSR count). The quantitative estimate of drug-likeness (QED) is 0.803. The monoisotopic (exact) mass is 206 g/mol. The molecule has 1 aliphatic rings. The fourth-order valence-corrected chi connectivity index (χ4v) is 2.17. The van der Waals surface area contributed by atoms with E-state index in [4.69, 9.17) is 10.5 Å². The zero-order valence-corrected chi connectivity index (χ0v) is 9.20. The topological polar surface area (TPSA) is 38.5 Å². The second kappa shape index (κ2) is 4.64. The van der Waals surface area contributed by atoms with Crippen LogP contribution in [-0.4, -0.2) is 26.7 Å². The van der Waals surface area contributed by atoms with E-state index in [1.807, 2.05) is 0 Å². The number of rotatable bonds is 4. The van der Waals surface area contributed by atoms with Gasteiger partial charge in [0.25, 0.3) is 0 Å². The molecule has 0 saturated carbocycles. The predicted molar refractivity (Wildman–Crippen MR) is 62.1 cm³/mol. The zero-order chi connectivity index (χ0) is 10.7. The lowest BCUT2D eigenvalue weighted by Crippen LogP contribution is -2.27. The molecular formula is C12H18N2O. The van der Waals surface area contributed by atoms with E-state index in [2.05, 4.69) is 23.1 Å². The second-order valence-corrected chi connectivity index (χ2v) is 3.92. The number of fused-ring (bicyclic) bond motifs is 1. The van der Waals surface area contributed by atoms with E-state index in [1.54, 1.807) is 7.11 Å². The van der Waals surface area contributed by atoms with Crippen molar-refractivity contribution in [2.24, 2.45) is 5.73 Å². The van der Waals surface area contributed by atoms with Crippen molar-refractivity contribution >= 4 is 5.69 Å². The molecule has 3 nitrogen and oxygen atoms in total. The number of hydrogen-bond acceptors (Lipinski definition) is 3. The SMILES string of the molecule is COCc1ccc2c(c1)CCN2CCN. The van der Waals surface area contributed by atoms with E-state index in [0.717, 1.165) is 26.1 Å². The number of anilines is 1. The maximum Gasteiger partial charge on any atom is 0.0713 e. The summed E-state index contributed by atoms with van der Waals surface area (Å²) in [4.78, 5) is 2.35. The van der Waals surface area contributed by atoms with Crippen molar-refractivity contribution in [1.29, 1.82) is 0 Å². The first kappa shape index (κ1) is 10.5. The summed E-state index contributed by atoms with van der Waals surface area (Å²) < 4.78 is 5.13. The maximum atomic E-state index is 5.58. The molecule has 0 bridgehead atoms. The van der Waals surface area contributed by atoms with Gasteiger partial charge in [0.2, 0.25) is 0 Å². The Balaban J connectivity index is 2.18. The molecule has 0 aromatic heterocycles. The lowest BCUT2D eigenvalue weighted by molar-refractivity contribution is 0.185. The molecule has 2 N–H and O–H groups in total. The van der Waals surface area contributed by atoms with Crippen LogP contribution in [0.2, 0.25) is 0 Å². The van der Waals surface area contributed by atoms with Crippen molar-refractivity contribution < 1.29 is 4.74 Å². The second-order valence-electron chi connectivity index (χ2n) is 3.92. The number of nitrogens with two attached hydrogens (primary N) is 1. The van der Waals surface area contributed by atoms with Crippen LogP contribution >= 0.6 is 0 Å². The summed E-state index contributed by atoms with van der Waals surface area (Å²) in [6.07, 6.45) is 1.13. The Bertz CT molecular complexity index is 338. The van der Waals surface area contributed by atoms with Gasteiger partial charge >= 0.3 is 0 Å². The molecule has 1 aromatic rings. The standard InChI is InChI=1S/C12H18N2O/c1-15-9-10-2-3-12-11(8-10)4-6-14(12)7-5-13/h2-3,8H,4-7,9,13H2,1H3. The van der Waals surface area contributed by atoms with Crippen molar-refractivity contribution in [3.63, 3.8) is 0 Å². The van der Waals surface area contributed by atoms with Gasteiger partial charge in [0, 0.05) is 32.4 Å². The van der Waals surface area contributed by atoms with Crippen molar-refractivity contribution in [3.8, 4) is 0 Å². The van der Waals surface area contributed by atoms with Crippen LogP contribution in [0.25, 0.3) is 0 Å². The highest BCUT2D eigenvalue weighted by molar-refractivity contribution is 5.59. The number of methoxy groups -OCH3 is 1. The van der Waals surface area contributed by atoms with Gasteiger partial charge in [-0.05, 0) is 23.6 Å². The van der Waals surface area contributed by atoms with Crippen LogP contribution in [0, 0.1) is 0 Å². The first-order chi connectivity index (χ1) is 7.35. The first-order valence-electron chi connectivity index (χ1n) is 5.41. The van der Waals surface area contributed by atoms with Crippen LogP contribution < -0.4 is 10.6 Å². The summed E-state index contributed by atoms with van der Waals surface area (Å²) in [5.74, 6) is 0. The molecule has 3 heteroatoms. The van der Waals surface area contributed by atoms with E-state index in [0.29, 0.717) is 6.61 Å². The number of hydrogen-bond donors (Lipinski definition) is 1. The summed E-state index contributed by atoms with van der Waals surface area (Å²) in [6, 6.07) is 6.57. The van der Waals surface area contributed by atoms with E-state index < -0.39 is 0 Å².